The zero-order chi connectivity index (χ0) is 14.8. The molecule has 0 aliphatic carbocycles. The molecule has 1 unspecified atom stereocenters. The maximum atomic E-state index is 6.16. The first kappa shape index (κ1) is 14.7. The summed E-state index contributed by atoms with van der Waals surface area (Å²) in [6.45, 7) is 1.56. The Bertz CT molecular complexity index is 642. The number of hydrogen-bond acceptors (Lipinski definition) is 2. The monoisotopic (exact) mass is 320 g/mol. The third-order valence-electron chi connectivity index (χ3n) is 4.07. The summed E-state index contributed by atoms with van der Waals surface area (Å²) < 4.78 is 0. The second-order valence-electron chi connectivity index (χ2n) is 5.35. The van der Waals surface area contributed by atoms with Gasteiger partial charge in [0.1, 0.15) is 0 Å². The SMILES string of the molecule is NCC(c1ccc(Cl)c(Cl)c1)N1CCCc2ccccc21. The molecule has 2 N–H and O–H groups in total. The van der Waals surface area contributed by atoms with Gasteiger partial charge in [0.15, 0.2) is 0 Å². The smallest absolute Gasteiger partial charge is 0.0665 e. The molecular weight excluding hydrogens is 303 g/mol. The van der Waals surface area contributed by atoms with E-state index in [1.54, 1.807) is 0 Å². The molecule has 0 saturated carbocycles. The highest BCUT2D eigenvalue weighted by molar-refractivity contribution is 6.42. The van der Waals surface area contributed by atoms with Crippen molar-refractivity contribution in [2.24, 2.45) is 5.73 Å². The molecule has 0 radical (unpaired) electrons. The number of rotatable bonds is 3. The Hall–Kier alpha value is -1.22. The van der Waals surface area contributed by atoms with Crippen LogP contribution in [0, 0.1) is 0 Å². The van der Waals surface area contributed by atoms with E-state index in [1.807, 2.05) is 18.2 Å². The summed E-state index contributed by atoms with van der Waals surface area (Å²) in [5.41, 5.74) is 9.85. The Balaban J connectivity index is 1.99. The standard InChI is InChI=1S/C17H18Cl2N2/c18-14-8-7-13(10-15(14)19)17(11-20)21-9-3-5-12-4-1-2-6-16(12)21/h1-2,4,6-8,10,17H,3,5,9,11,20H2. The van der Waals surface area contributed by atoms with Gasteiger partial charge >= 0.3 is 0 Å². The second kappa shape index (κ2) is 6.27. The van der Waals surface area contributed by atoms with E-state index < -0.39 is 0 Å². The minimum Gasteiger partial charge on any atom is -0.363 e. The number of anilines is 1. The summed E-state index contributed by atoms with van der Waals surface area (Å²) in [6.07, 6.45) is 2.28. The molecule has 0 aromatic heterocycles. The minimum absolute atomic E-state index is 0.126. The lowest BCUT2D eigenvalue weighted by molar-refractivity contribution is 0.588. The highest BCUT2D eigenvalue weighted by Crippen LogP contribution is 2.35. The Morgan fingerprint density at radius 1 is 1.10 bits per heavy atom. The van der Waals surface area contributed by atoms with Crippen LogP contribution in [0.25, 0.3) is 0 Å². The van der Waals surface area contributed by atoms with Crippen LogP contribution in [0.3, 0.4) is 0 Å². The third kappa shape index (κ3) is 2.89. The second-order valence-corrected chi connectivity index (χ2v) is 6.17. The number of halogens is 2. The molecule has 2 nitrogen and oxygen atoms in total. The molecule has 0 spiro atoms. The van der Waals surface area contributed by atoms with Crippen molar-refractivity contribution < 1.29 is 0 Å². The minimum atomic E-state index is 0.126. The van der Waals surface area contributed by atoms with Crippen molar-refractivity contribution >= 4 is 28.9 Å². The summed E-state index contributed by atoms with van der Waals surface area (Å²) in [5, 5.41) is 1.16. The van der Waals surface area contributed by atoms with Crippen LogP contribution in [0.5, 0.6) is 0 Å². The van der Waals surface area contributed by atoms with Gasteiger partial charge in [-0.1, -0.05) is 47.5 Å². The molecule has 1 aliphatic heterocycles. The van der Waals surface area contributed by atoms with Gasteiger partial charge in [0.2, 0.25) is 0 Å². The first-order valence-corrected chi connectivity index (χ1v) is 7.96. The van der Waals surface area contributed by atoms with Crippen LogP contribution < -0.4 is 10.6 Å². The van der Waals surface area contributed by atoms with Crippen LogP contribution in [-0.4, -0.2) is 13.1 Å². The molecule has 0 fully saturated rings. The fraction of sp³-hybridized carbons (Fsp3) is 0.294. The molecule has 2 aromatic carbocycles. The average molecular weight is 321 g/mol. The van der Waals surface area contributed by atoms with E-state index in [0.717, 1.165) is 24.9 Å². The lowest BCUT2D eigenvalue weighted by Gasteiger charge is -2.38. The molecule has 0 amide bonds. The van der Waals surface area contributed by atoms with Crippen LogP contribution in [0.15, 0.2) is 42.5 Å². The molecule has 0 bridgehead atoms. The van der Waals surface area contributed by atoms with E-state index in [9.17, 15) is 0 Å². The van der Waals surface area contributed by atoms with E-state index in [4.69, 9.17) is 28.9 Å². The van der Waals surface area contributed by atoms with Gasteiger partial charge in [0, 0.05) is 18.8 Å². The molecule has 1 atom stereocenters. The lowest BCUT2D eigenvalue weighted by atomic mass is 9.97. The fourth-order valence-electron chi connectivity index (χ4n) is 3.05. The van der Waals surface area contributed by atoms with Gasteiger partial charge in [0.05, 0.1) is 16.1 Å². The van der Waals surface area contributed by atoms with Crippen molar-refractivity contribution in [1.29, 1.82) is 0 Å². The van der Waals surface area contributed by atoms with Gasteiger partial charge in [-0.25, -0.2) is 0 Å². The van der Waals surface area contributed by atoms with Crippen molar-refractivity contribution in [2.75, 3.05) is 18.0 Å². The molecule has 110 valence electrons. The highest BCUT2D eigenvalue weighted by atomic mass is 35.5. The van der Waals surface area contributed by atoms with E-state index in [-0.39, 0.29) is 6.04 Å². The fourth-order valence-corrected chi connectivity index (χ4v) is 3.36. The average Bonchev–Trinajstić information content (AvgIpc) is 2.52. The van der Waals surface area contributed by atoms with Gasteiger partial charge in [-0.3, -0.25) is 0 Å². The molecular formula is C17H18Cl2N2. The third-order valence-corrected chi connectivity index (χ3v) is 4.81. The quantitative estimate of drug-likeness (QED) is 0.905. The zero-order valence-corrected chi connectivity index (χ0v) is 13.2. The number of benzene rings is 2. The lowest BCUT2D eigenvalue weighted by Crippen LogP contribution is -2.37. The summed E-state index contributed by atoms with van der Waals surface area (Å²) in [4.78, 5) is 2.39. The maximum Gasteiger partial charge on any atom is 0.0665 e. The van der Waals surface area contributed by atoms with Gasteiger partial charge in [-0.05, 0) is 42.2 Å². The zero-order valence-electron chi connectivity index (χ0n) is 11.7. The predicted octanol–water partition coefficient (Wildman–Crippen LogP) is 4.45. The first-order chi connectivity index (χ1) is 10.2. The maximum absolute atomic E-state index is 6.16. The molecule has 2 aromatic rings. The number of para-hydroxylation sites is 1. The molecule has 1 heterocycles. The molecule has 0 saturated heterocycles. The Morgan fingerprint density at radius 2 is 1.90 bits per heavy atom. The van der Waals surface area contributed by atoms with E-state index in [1.165, 1.54) is 11.3 Å². The largest absolute Gasteiger partial charge is 0.363 e. The Morgan fingerprint density at radius 3 is 2.67 bits per heavy atom. The van der Waals surface area contributed by atoms with Crippen molar-refractivity contribution in [3.8, 4) is 0 Å². The van der Waals surface area contributed by atoms with Crippen molar-refractivity contribution in [3.05, 3.63) is 63.6 Å². The number of aryl methyl sites for hydroxylation is 1. The molecule has 4 heteroatoms. The van der Waals surface area contributed by atoms with Gasteiger partial charge in [0.25, 0.3) is 0 Å². The summed E-state index contributed by atoms with van der Waals surface area (Å²) >= 11 is 12.2. The predicted molar refractivity (Wildman–Crippen MR) is 90.4 cm³/mol. The Kier molecular flexibility index (Phi) is 4.39. The van der Waals surface area contributed by atoms with Gasteiger partial charge in [-0.2, -0.15) is 0 Å². The topological polar surface area (TPSA) is 29.3 Å². The van der Waals surface area contributed by atoms with Crippen molar-refractivity contribution in [2.45, 2.75) is 18.9 Å². The summed E-state index contributed by atoms with van der Waals surface area (Å²) in [5.74, 6) is 0. The highest BCUT2D eigenvalue weighted by Gasteiger charge is 2.24. The van der Waals surface area contributed by atoms with Gasteiger partial charge in [-0.15, -0.1) is 0 Å². The number of fused-ring (bicyclic) bond motifs is 1. The number of nitrogens with zero attached hydrogens (tertiary/aromatic N) is 1. The summed E-state index contributed by atoms with van der Waals surface area (Å²) in [7, 11) is 0. The summed E-state index contributed by atoms with van der Waals surface area (Å²) in [6, 6.07) is 14.5. The molecule has 21 heavy (non-hydrogen) atoms. The molecule has 3 rings (SSSR count). The van der Waals surface area contributed by atoms with Crippen LogP contribution in [-0.2, 0) is 6.42 Å². The van der Waals surface area contributed by atoms with Gasteiger partial charge < -0.3 is 10.6 Å². The number of nitrogens with two attached hydrogens (primary N) is 1. The van der Waals surface area contributed by atoms with Crippen LogP contribution in [0.4, 0.5) is 5.69 Å². The van der Waals surface area contributed by atoms with Crippen molar-refractivity contribution in [3.63, 3.8) is 0 Å². The van der Waals surface area contributed by atoms with E-state index in [0.29, 0.717) is 16.6 Å². The number of hydrogen-bond donors (Lipinski definition) is 1. The van der Waals surface area contributed by atoms with Crippen molar-refractivity contribution in [1.82, 2.24) is 0 Å². The first-order valence-electron chi connectivity index (χ1n) is 7.20. The molecule has 1 aliphatic rings. The van der Waals surface area contributed by atoms with E-state index >= 15 is 0 Å². The van der Waals surface area contributed by atoms with Crippen LogP contribution >= 0.6 is 23.2 Å². The van der Waals surface area contributed by atoms with Crippen LogP contribution in [0.2, 0.25) is 10.0 Å². The van der Waals surface area contributed by atoms with Crippen LogP contribution in [0.1, 0.15) is 23.6 Å². The van der Waals surface area contributed by atoms with E-state index in [2.05, 4.69) is 29.2 Å². The Labute approximate surface area is 135 Å². The normalized spacial score (nSPS) is 15.7.